The van der Waals surface area contributed by atoms with E-state index < -0.39 is 39.6 Å². The maximum atomic E-state index is 13.3. The fourth-order valence-electron chi connectivity index (χ4n) is 2.47. The average molecular weight is 375 g/mol. The molecule has 0 radical (unpaired) electrons. The van der Waals surface area contributed by atoms with Crippen LogP contribution in [-0.4, -0.2) is 43.7 Å². The van der Waals surface area contributed by atoms with E-state index in [2.05, 4.69) is 0 Å². The summed E-state index contributed by atoms with van der Waals surface area (Å²) in [6.45, 7) is 2.89. The van der Waals surface area contributed by atoms with Gasteiger partial charge in [0.25, 0.3) is 0 Å². The Labute approximate surface area is 144 Å². The van der Waals surface area contributed by atoms with Crippen LogP contribution < -0.4 is 0 Å². The second kappa shape index (κ2) is 7.57. The minimum absolute atomic E-state index is 0.0511. The van der Waals surface area contributed by atoms with Gasteiger partial charge in [-0.1, -0.05) is 0 Å². The highest BCUT2D eigenvalue weighted by atomic mass is 32.2. The van der Waals surface area contributed by atoms with E-state index >= 15 is 0 Å². The zero-order valence-electron chi connectivity index (χ0n) is 13.9. The molecule has 0 N–H and O–H groups in total. The van der Waals surface area contributed by atoms with Gasteiger partial charge >= 0.3 is 5.97 Å². The Bertz CT molecular complexity index is 773. The van der Waals surface area contributed by atoms with Gasteiger partial charge in [0.05, 0.1) is 10.8 Å². The van der Waals surface area contributed by atoms with Crippen LogP contribution in [0.4, 0.5) is 8.78 Å². The van der Waals surface area contributed by atoms with E-state index in [1.54, 1.807) is 0 Å². The number of hydrogen-bond acceptors (Lipinski definition) is 5. The fourth-order valence-corrected chi connectivity index (χ4v) is 3.95. The van der Waals surface area contributed by atoms with Crippen molar-refractivity contribution >= 4 is 21.8 Å². The molecule has 1 atom stereocenters. The number of ketones is 1. The van der Waals surface area contributed by atoms with E-state index in [0.29, 0.717) is 6.07 Å². The van der Waals surface area contributed by atoms with Crippen molar-refractivity contribution in [2.24, 2.45) is 5.92 Å². The standard InChI is InChI=1S/C16H19F2NO5S/c1-10(20)11(2)24-16(21)12-5-7-19(8-6-12)25(22,23)13-3-4-14(17)15(18)9-13/h3-4,9,11-12H,5-8H2,1-2H3. The molecule has 1 heterocycles. The van der Waals surface area contributed by atoms with Crippen molar-refractivity contribution in [1.29, 1.82) is 0 Å². The van der Waals surface area contributed by atoms with Gasteiger partial charge in [0.15, 0.2) is 23.5 Å². The van der Waals surface area contributed by atoms with Crippen molar-refractivity contribution in [2.75, 3.05) is 13.1 Å². The van der Waals surface area contributed by atoms with Crippen molar-refractivity contribution in [3.8, 4) is 0 Å². The highest BCUT2D eigenvalue weighted by Crippen LogP contribution is 2.25. The number of benzene rings is 1. The van der Waals surface area contributed by atoms with Crippen LogP contribution in [0, 0.1) is 17.6 Å². The third-order valence-corrected chi connectivity index (χ3v) is 6.08. The van der Waals surface area contributed by atoms with Crippen LogP contribution in [-0.2, 0) is 24.3 Å². The number of Topliss-reactive ketones (excluding diaryl/α,β-unsaturated/α-hetero) is 1. The van der Waals surface area contributed by atoms with E-state index in [9.17, 15) is 26.8 Å². The molecule has 1 aliphatic rings. The summed E-state index contributed by atoms with van der Waals surface area (Å²) in [5, 5.41) is 0. The summed E-state index contributed by atoms with van der Waals surface area (Å²) in [6.07, 6.45) is -0.380. The minimum atomic E-state index is -3.97. The SMILES string of the molecule is CC(=O)C(C)OC(=O)C1CCN(S(=O)(=O)c2ccc(F)c(F)c2)CC1. The normalized spacial score (nSPS) is 17.9. The van der Waals surface area contributed by atoms with Gasteiger partial charge in [-0.25, -0.2) is 17.2 Å². The number of hydrogen-bond donors (Lipinski definition) is 0. The molecule has 1 aliphatic heterocycles. The number of carbonyl (C=O) groups is 2. The maximum Gasteiger partial charge on any atom is 0.309 e. The lowest BCUT2D eigenvalue weighted by Gasteiger charge is -2.30. The Balaban J connectivity index is 2.02. The summed E-state index contributed by atoms with van der Waals surface area (Å²) in [4.78, 5) is 22.8. The number of sulfonamides is 1. The second-order valence-corrected chi connectivity index (χ2v) is 7.88. The summed E-state index contributed by atoms with van der Waals surface area (Å²) >= 11 is 0. The van der Waals surface area contributed by atoms with Crippen LogP contribution in [0.3, 0.4) is 0 Å². The first-order valence-electron chi connectivity index (χ1n) is 7.79. The van der Waals surface area contributed by atoms with Crippen molar-refractivity contribution in [2.45, 2.75) is 37.7 Å². The summed E-state index contributed by atoms with van der Waals surface area (Å²) in [5.41, 5.74) is 0. The second-order valence-electron chi connectivity index (χ2n) is 5.94. The van der Waals surface area contributed by atoms with Crippen LogP contribution in [0.5, 0.6) is 0 Å². The lowest BCUT2D eigenvalue weighted by Crippen LogP contribution is -2.41. The minimum Gasteiger partial charge on any atom is -0.454 e. The van der Waals surface area contributed by atoms with Crippen LogP contribution in [0.1, 0.15) is 26.7 Å². The van der Waals surface area contributed by atoms with E-state index in [0.717, 1.165) is 16.4 Å². The van der Waals surface area contributed by atoms with E-state index in [1.807, 2.05) is 0 Å². The summed E-state index contributed by atoms with van der Waals surface area (Å²) in [7, 11) is -3.97. The van der Waals surface area contributed by atoms with Gasteiger partial charge in [-0.05, 0) is 44.9 Å². The largest absolute Gasteiger partial charge is 0.454 e. The lowest BCUT2D eigenvalue weighted by molar-refractivity contribution is -0.158. The van der Waals surface area contributed by atoms with Gasteiger partial charge in [0, 0.05) is 13.1 Å². The zero-order chi connectivity index (χ0) is 18.8. The number of piperidine rings is 1. The van der Waals surface area contributed by atoms with E-state index in [1.165, 1.54) is 13.8 Å². The third-order valence-electron chi connectivity index (χ3n) is 4.18. The highest BCUT2D eigenvalue weighted by molar-refractivity contribution is 7.89. The zero-order valence-corrected chi connectivity index (χ0v) is 14.7. The van der Waals surface area contributed by atoms with Crippen molar-refractivity contribution in [3.63, 3.8) is 0 Å². The monoisotopic (exact) mass is 375 g/mol. The van der Waals surface area contributed by atoms with Crippen molar-refractivity contribution < 1.29 is 31.5 Å². The maximum absolute atomic E-state index is 13.3. The van der Waals surface area contributed by atoms with Gasteiger partial charge in [-0.3, -0.25) is 9.59 Å². The van der Waals surface area contributed by atoms with Crippen molar-refractivity contribution in [3.05, 3.63) is 29.8 Å². The molecule has 9 heteroatoms. The van der Waals surface area contributed by atoms with Gasteiger partial charge in [0.2, 0.25) is 10.0 Å². The van der Waals surface area contributed by atoms with Crippen LogP contribution >= 0.6 is 0 Å². The first-order valence-corrected chi connectivity index (χ1v) is 9.23. The number of halogens is 2. The fraction of sp³-hybridized carbons (Fsp3) is 0.500. The van der Waals surface area contributed by atoms with E-state index in [4.69, 9.17) is 4.74 Å². The predicted molar refractivity (Wildman–Crippen MR) is 84.1 cm³/mol. The Morgan fingerprint density at radius 1 is 1.20 bits per heavy atom. The van der Waals surface area contributed by atoms with Crippen LogP contribution in [0.15, 0.2) is 23.1 Å². The molecule has 0 aromatic heterocycles. The Kier molecular flexibility index (Phi) is 5.89. The molecule has 0 bridgehead atoms. The first kappa shape index (κ1) is 19.5. The number of nitrogens with zero attached hydrogens (tertiary/aromatic N) is 1. The first-order chi connectivity index (χ1) is 11.6. The van der Waals surface area contributed by atoms with Gasteiger partial charge in [-0.2, -0.15) is 4.31 Å². The number of rotatable bonds is 5. The Morgan fingerprint density at radius 3 is 2.32 bits per heavy atom. The van der Waals surface area contributed by atoms with Gasteiger partial charge in [0.1, 0.15) is 0 Å². The average Bonchev–Trinajstić information content (AvgIpc) is 2.57. The van der Waals surface area contributed by atoms with Crippen LogP contribution in [0.2, 0.25) is 0 Å². The molecular formula is C16H19F2NO5S. The molecular weight excluding hydrogens is 356 g/mol. The topological polar surface area (TPSA) is 80.8 Å². The van der Waals surface area contributed by atoms with Gasteiger partial charge in [-0.15, -0.1) is 0 Å². The molecule has 1 aromatic carbocycles. The molecule has 0 aliphatic carbocycles. The predicted octanol–water partition coefficient (Wildman–Crippen LogP) is 1.89. The Hall–Kier alpha value is -1.87. The van der Waals surface area contributed by atoms with E-state index in [-0.39, 0.29) is 36.6 Å². The van der Waals surface area contributed by atoms with Gasteiger partial charge < -0.3 is 4.74 Å². The molecule has 1 unspecified atom stereocenters. The molecule has 1 aromatic rings. The number of ether oxygens (including phenoxy) is 1. The number of esters is 1. The number of carbonyl (C=O) groups excluding carboxylic acids is 2. The lowest BCUT2D eigenvalue weighted by atomic mass is 9.98. The quantitative estimate of drug-likeness (QED) is 0.734. The summed E-state index contributed by atoms with van der Waals surface area (Å²) in [5.74, 6) is -3.67. The molecule has 1 saturated heterocycles. The molecule has 25 heavy (non-hydrogen) atoms. The molecule has 0 saturated carbocycles. The third kappa shape index (κ3) is 4.40. The molecule has 6 nitrogen and oxygen atoms in total. The Morgan fingerprint density at radius 2 is 1.80 bits per heavy atom. The summed E-state index contributed by atoms with van der Waals surface area (Å²) in [6, 6.07) is 2.40. The highest BCUT2D eigenvalue weighted by Gasteiger charge is 2.33. The van der Waals surface area contributed by atoms with Crippen molar-refractivity contribution in [1.82, 2.24) is 4.31 Å². The molecule has 2 rings (SSSR count). The molecule has 0 amide bonds. The smallest absolute Gasteiger partial charge is 0.309 e. The van der Waals surface area contributed by atoms with Crippen LogP contribution in [0.25, 0.3) is 0 Å². The molecule has 0 spiro atoms. The summed E-state index contributed by atoms with van der Waals surface area (Å²) < 4.78 is 57.4. The molecule has 138 valence electrons. The molecule has 1 fully saturated rings.